The number of aromatic nitrogens is 5. The number of benzene rings is 1. The molecule has 0 fully saturated rings. The minimum Gasteiger partial charge on any atom is -0.471 e. The van der Waals surface area contributed by atoms with Crippen LogP contribution in [0.25, 0.3) is 16.8 Å². The molecule has 0 spiro atoms. The van der Waals surface area contributed by atoms with Crippen LogP contribution in [-0.4, -0.2) is 30.1 Å². The maximum absolute atomic E-state index is 12.6. The van der Waals surface area contributed by atoms with Crippen LogP contribution in [0.1, 0.15) is 5.69 Å². The minimum absolute atomic E-state index is 0.0844. The highest BCUT2D eigenvalue weighted by Gasteiger charge is 2.31. The van der Waals surface area contributed by atoms with Crippen LogP contribution in [0.2, 0.25) is 0 Å². The second-order valence-electron chi connectivity index (χ2n) is 6.52. The van der Waals surface area contributed by atoms with Crippen molar-refractivity contribution in [1.29, 1.82) is 0 Å². The molecule has 0 aliphatic carbocycles. The van der Waals surface area contributed by atoms with Crippen molar-refractivity contribution in [2.45, 2.75) is 13.0 Å². The molecule has 1 aromatic carbocycles. The van der Waals surface area contributed by atoms with Gasteiger partial charge < -0.3 is 14.0 Å². The van der Waals surface area contributed by atoms with Gasteiger partial charge in [0.15, 0.2) is 5.65 Å². The summed E-state index contributed by atoms with van der Waals surface area (Å²) in [5.41, 5.74) is 1.31. The molecule has 0 aliphatic rings. The van der Waals surface area contributed by atoms with Crippen molar-refractivity contribution >= 4 is 5.65 Å². The smallest absolute Gasteiger partial charge is 0.471 e. The molecule has 0 atom stereocenters. The average molecular weight is 419 g/mol. The highest BCUT2D eigenvalue weighted by atomic mass is 19.4. The lowest BCUT2D eigenvalue weighted by molar-refractivity contribution is -0.274. The molecule has 0 aliphatic heterocycles. The van der Waals surface area contributed by atoms with Gasteiger partial charge in [-0.2, -0.15) is 5.10 Å². The van der Waals surface area contributed by atoms with Gasteiger partial charge in [0.1, 0.15) is 12.4 Å². The van der Waals surface area contributed by atoms with Crippen LogP contribution in [-0.2, 0) is 20.7 Å². The molecule has 3 aromatic heterocycles. The number of nitrogens with zero attached hydrogens (tertiary/aromatic N) is 5. The van der Waals surface area contributed by atoms with E-state index < -0.39 is 6.36 Å². The quantitative estimate of drug-likeness (QED) is 0.497. The number of alkyl halides is 3. The summed E-state index contributed by atoms with van der Waals surface area (Å²) in [6, 6.07) is 7.19. The van der Waals surface area contributed by atoms with Crippen LogP contribution in [0.3, 0.4) is 0 Å². The topological polar surface area (TPSA) is 75.6 Å². The number of ether oxygens (including phenoxy) is 2. The lowest BCUT2D eigenvalue weighted by atomic mass is 10.1. The van der Waals surface area contributed by atoms with Crippen LogP contribution < -0.4 is 15.2 Å². The number of aryl methyl sites for hydroxylation is 2. The molecule has 8 nitrogen and oxygen atoms in total. The summed E-state index contributed by atoms with van der Waals surface area (Å²) in [4.78, 5) is 17.0. The van der Waals surface area contributed by atoms with E-state index in [1.807, 2.05) is 0 Å². The molecule has 4 aromatic rings. The van der Waals surface area contributed by atoms with Gasteiger partial charge in [-0.25, -0.2) is 14.5 Å². The Morgan fingerprint density at radius 2 is 1.93 bits per heavy atom. The van der Waals surface area contributed by atoms with Gasteiger partial charge in [-0.3, -0.25) is 4.40 Å². The summed E-state index contributed by atoms with van der Waals surface area (Å²) in [6.07, 6.45) is -0.166. The highest BCUT2D eigenvalue weighted by molar-refractivity contribution is 5.77. The standard InChI is InChI=1S/C19H16F3N5O3/c1-25-10-15(12-4-3-5-14(8-12)30-19(20,21)22)17-24-13(9-27(17)18(25)28)11-29-16-6-7-23-26(16)2/h3-10H,11H2,1-2H3. The molecule has 0 saturated carbocycles. The van der Waals surface area contributed by atoms with E-state index in [0.717, 1.165) is 0 Å². The summed E-state index contributed by atoms with van der Waals surface area (Å²) >= 11 is 0. The number of hydrogen-bond donors (Lipinski definition) is 0. The first-order valence-corrected chi connectivity index (χ1v) is 8.76. The Hall–Kier alpha value is -3.76. The highest BCUT2D eigenvalue weighted by Crippen LogP contribution is 2.29. The van der Waals surface area contributed by atoms with Crippen molar-refractivity contribution in [2.24, 2.45) is 14.1 Å². The summed E-state index contributed by atoms with van der Waals surface area (Å²) in [6.45, 7) is 0.0844. The zero-order chi connectivity index (χ0) is 21.5. The third-order valence-corrected chi connectivity index (χ3v) is 4.35. The van der Waals surface area contributed by atoms with E-state index in [9.17, 15) is 18.0 Å². The van der Waals surface area contributed by atoms with Crippen molar-refractivity contribution in [3.05, 3.63) is 65.1 Å². The van der Waals surface area contributed by atoms with E-state index in [-0.39, 0.29) is 18.0 Å². The molecule has 11 heteroatoms. The Labute approximate surface area is 167 Å². The van der Waals surface area contributed by atoms with E-state index in [2.05, 4.69) is 14.8 Å². The van der Waals surface area contributed by atoms with E-state index >= 15 is 0 Å². The molecule has 4 rings (SSSR count). The maximum atomic E-state index is 12.6. The van der Waals surface area contributed by atoms with E-state index in [1.165, 1.54) is 39.6 Å². The largest absolute Gasteiger partial charge is 0.573 e. The summed E-state index contributed by atoms with van der Waals surface area (Å²) in [5, 5.41) is 4.01. The molecule has 30 heavy (non-hydrogen) atoms. The Kier molecular flexibility index (Phi) is 4.72. The summed E-state index contributed by atoms with van der Waals surface area (Å²) < 4.78 is 51.6. The van der Waals surface area contributed by atoms with Crippen molar-refractivity contribution in [3.8, 4) is 22.8 Å². The van der Waals surface area contributed by atoms with Crippen LogP contribution in [0.4, 0.5) is 13.2 Å². The van der Waals surface area contributed by atoms with Gasteiger partial charge in [-0.05, 0) is 17.7 Å². The predicted molar refractivity (Wildman–Crippen MR) is 100 cm³/mol. The minimum atomic E-state index is -4.80. The Balaban J connectivity index is 1.74. The molecule has 0 saturated heterocycles. The number of halogens is 3. The number of imidazole rings is 1. The fourth-order valence-corrected chi connectivity index (χ4v) is 3.03. The first-order chi connectivity index (χ1) is 14.2. The van der Waals surface area contributed by atoms with Crippen LogP contribution >= 0.6 is 0 Å². The molecular formula is C19H16F3N5O3. The van der Waals surface area contributed by atoms with Gasteiger partial charge in [0, 0.05) is 38.1 Å². The third-order valence-electron chi connectivity index (χ3n) is 4.35. The van der Waals surface area contributed by atoms with Crippen molar-refractivity contribution in [1.82, 2.24) is 23.7 Å². The molecule has 0 bridgehead atoms. The molecular weight excluding hydrogens is 403 g/mol. The Bertz CT molecular complexity index is 1270. The van der Waals surface area contributed by atoms with Crippen molar-refractivity contribution in [2.75, 3.05) is 0 Å². The third kappa shape index (κ3) is 3.86. The van der Waals surface area contributed by atoms with Gasteiger partial charge in [-0.15, -0.1) is 13.2 Å². The lowest BCUT2D eigenvalue weighted by Crippen LogP contribution is -2.23. The summed E-state index contributed by atoms with van der Waals surface area (Å²) in [7, 11) is 3.27. The number of fused-ring (bicyclic) bond motifs is 1. The zero-order valence-corrected chi connectivity index (χ0v) is 15.9. The predicted octanol–water partition coefficient (Wildman–Crippen LogP) is 2.91. The monoisotopic (exact) mass is 419 g/mol. The first kappa shape index (κ1) is 19.6. The fraction of sp³-hybridized carbons (Fsp3) is 0.211. The first-order valence-electron chi connectivity index (χ1n) is 8.76. The van der Waals surface area contributed by atoms with E-state index in [0.29, 0.717) is 28.3 Å². The second kappa shape index (κ2) is 7.25. The average Bonchev–Trinajstić information content (AvgIpc) is 3.28. The molecule has 0 amide bonds. The van der Waals surface area contributed by atoms with Crippen molar-refractivity contribution in [3.63, 3.8) is 0 Å². The van der Waals surface area contributed by atoms with Gasteiger partial charge in [-0.1, -0.05) is 12.1 Å². The maximum Gasteiger partial charge on any atom is 0.573 e. The fourth-order valence-electron chi connectivity index (χ4n) is 3.03. The SMILES string of the molecule is Cn1nccc1OCc1cn2c(=O)n(C)cc(-c3cccc(OC(F)(F)F)c3)c2n1. The van der Waals surface area contributed by atoms with Gasteiger partial charge in [0.25, 0.3) is 0 Å². The van der Waals surface area contributed by atoms with Gasteiger partial charge in [0.2, 0.25) is 5.88 Å². The normalized spacial score (nSPS) is 11.8. The van der Waals surface area contributed by atoms with Crippen LogP contribution in [0.5, 0.6) is 11.6 Å². The second-order valence-corrected chi connectivity index (χ2v) is 6.52. The summed E-state index contributed by atoms with van der Waals surface area (Å²) in [5.74, 6) is 0.163. The lowest BCUT2D eigenvalue weighted by Gasteiger charge is -2.11. The van der Waals surface area contributed by atoms with Crippen LogP contribution in [0.15, 0.2) is 53.7 Å². The molecule has 3 heterocycles. The number of hydrogen-bond acceptors (Lipinski definition) is 5. The van der Waals surface area contributed by atoms with Gasteiger partial charge in [0.05, 0.1) is 11.9 Å². The molecule has 0 unspecified atom stereocenters. The van der Waals surface area contributed by atoms with Gasteiger partial charge >= 0.3 is 12.1 Å². The van der Waals surface area contributed by atoms with E-state index in [1.54, 1.807) is 37.1 Å². The van der Waals surface area contributed by atoms with Crippen molar-refractivity contribution < 1.29 is 22.6 Å². The van der Waals surface area contributed by atoms with E-state index in [4.69, 9.17) is 4.74 Å². The number of rotatable bonds is 5. The Morgan fingerprint density at radius 3 is 2.63 bits per heavy atom. The van der Waals surface area contributed by atoms with Crippen LogP contribution in [0, 0.1) is 0 Å². The Morgan fingerprint density at radius 1 is 1.13 bits per heavy atom. The molecule has 0 N–H and O–H groups in total. The molecule has 156 valence electrons. The molecule has 0 radical (unpaired) electrons. The zero-order valence-electron chi connectivity index (χ0n) is 15.9.